The summed E-state index contributed by atoms with van der Waals surface area (Å²) in [5, 5.41) is 11.2. The number of nitrogens with zero attached hydrogens (tertiary/aromatic N) is 4. The first-order chi connectivity index (χ1) is 10.1. The summed E-state index contributed by atoms with van der Waals surface area (Å²) in [6, 6.07) is 0. The predicted octanol–water partition coefficient (Wildman–Crippen LogP) is 1.84. The van der Waals surface area contributed by atoms with E-state index in [2.05, 4.69) is 15.0 Å². The molecule has 1 aliphatic rings. The van der Waals surface area contributed by atoms with Gasteiger partial charge in [-0.1, -0.05) is 11.6 Å². The SMILES string of the molecule is Cc1c(Cl)ncc2c(N3CCOC[C@@H](O)C3)nc(Cl)nc12. The molecule has 3 heterocycles. The molecule has 6 nitrogen and oxygen atoms in total. The third-order valence-electron chi connectivity index (χ3n) is 3.42. The highest BCUT2D eigenvalue weighted by Gasteiger charge is 2.21. The molecule has 1 aliphatic heterocycles. The summed E-state index contributed by atoms with van der Waals surface area (Å²) in [4.78, 5) is 14.6. The van der Waals surface area contributed by atoms with Crippen LogP contribution in [0.15, 0.2) is 6.20 Å². The molecule has 1 fully saturated rings. The molecule has 1 saturated heterocycles. The lowest BCUT2D eigenvalue weighted by atomic mass is 10.2. The largest absolute Gasteiger partial charge is 0.389 e. The van der Waals surface area contributed by atoms with E-state index >= 15 is 0 Å². The smallest absolute Gasteiger partial charge is 0.224 e. The van der Waals surface area contributed by atoms with Gasteiger partial charge < -0.3 is 14.7 Å². The summed E-state index contributed by atoms with van der Waals surface area (Å²) >= 11 is 12.1. The molecule has 0 bridgehead atoms. The van der Waals surface area contributed by atoms with Crippen molar-refractivity contribution in [1.82, 2.24) is 15.0 Å². The van der Waals surface area contributed by atoms with Crippen molar-refractivity contribution in [1.29, 1.82) is 0 Å². The second kappa shape index (κ2) is 5.88. The number of aromatic nitrogens is 3. The lowest BCUT2D eigenvalue weighted by Crippen LogP contribution is -2.33. The van der Waals surface area contributed by atoms with Gasteiger partial charge in [-0.25, -0.2) is 9.97 Å². The molecule has 2 aromatic heterocycles. The molecule has 2 aromatic rings. The molecule has 0 aliphatic carbocycles. The first-order valence-electron chi connectivity index (χ1n) is 6.55. The van der Waals surface area contributed by atoms with Crippen molar-refractivity contribution >= 4 is 39.9 Å². The Morgan fingerprint density at radius 2 is 2.19 bits per heavy atom. The maximum Gasteiger partial charge on any atom is 0.224 e. The Balaban J connectivity index is 2.15. The van der Waals surface area contributed by atoms with Crippen molar-refractivity contribution in [3.05, 3.63) is 22.2 Å². The van der Waals surface area contributed by atoms with Crippen molar-refractivity contribution in [2.45, 2.75) is 13.0 Å². The molecule has 0 radical (unpaired) electrons. The van der Waals surface area contributed by atoms with Crippen molar-refractivity contribution in [3.8, 4) is 0 Å². The lowest BCUT2D eigenvalue weighted by Gasteiger charge is -2.23. The van der Waals surface area contributed by atoms with Crippen molar-refractivity contribution in [3.63, 3.8) is 0 Å². The van der Waals surface area contributed by atoms with Crippen LogP contribution in [0.2, 0.25) is 10.4 Å². The van der Waals surface area contributed by atoms with Gasteiger partial charge in [-0.05, 0) is 18.5 Å². The van der Waals surface area contributed by atoms with E-state index in [1.807, 2.05) is 11.8 Å². The van der Waals surface area contributed by atoms with Crippen LogP contribution in [0, 0.1) is 6.92 Å². The highest BCUT2D eigenvalue weighted by molar-refractivity contribution is 6.31. The lowest BCUT2D eigenvalue weighted by molar-refractivity contribution is 0.0597. The normalized spacial score (nSPS) is 19.8. The van der Waals surface area contributed by atoms with Crippen LogP contribution in [0.1, 0.15) is 5.56 Å². The van der Waals surface area contributed by atoms with Gasteiger partial charge in [-0.3, -0.25) is 0 Å². The number of hydrogen-bond acceptors (Lipinski definition) is 6. The Hall–Kier alpha value is -1.21. The second-order valence-electron chi connectivity index (χ2n) is 4.93. The molecule has 112 valence electrons. The number of ether oxygens (including phenoxy) is 1. The van der Waals surface area contributed by atoms with Crippen LogP contribution < -0.4 is 4.90 Å². The van der Waals surface area contributed by atoms with Gasteiger partial charge in [-0.2, -0.15) is 4.98 Å². The van der Waals surface area contributed by atoms with Gasteiger partial charge in [0.05, 0.1) is 30.2 Å². The Labute approximate surface area is 131 Å². The fourth-order valence-corrected chi connectivity index (χ4v) is 2.68. The zero-order chi connectivity index (χ0) is 15.0. The summed E-state index contributed by atoms with van der Waals surface area (Å²) in [7, 11) is 0. The number of hydrogen-bond donors (Lipinski definition) is 1. The summed E-state index contributed by atoms with van der Waals surface area (Å²) in [6.07, 6.45) is 1.06. The summed E-state index contributed by atoms with van der Waals surface area (Å²) < 4.78 is 5.34. The Morgan fingerprint density at radius 3 is 3.00 bits per heavy atom. The summed E-state index contributed by atoms with van der Waals surface area (Å²) in [5.74, 6) is 0.641. The minimum Gasteiger partial charge on any atom is -0.389 e. The molecular formula is C13H14Cl2N4O2. The van der Waals surface area contributed by atoms with Gasteiger partial charge in [0.2, 0.25) is 5.28 Å². The van der Waals surface area contributed by atoms with Crippen molar-refractivity contribution in [2.24, 2.45) is 0 Å². The molecule has 3 rings (SSSR count). The van der Waals surface area contributed by atoms with E-state index in [0.717, 1.165) is 10.9 Å². The Morgan fingerprint density at radius 1 is 1.38 bits per heavy atom. The fourth-order valence-electron chi connectivity index (χ4n) is 2.38. The molecule has 1 N–H and O–H groups in total. The Kier molecular flexibility index (Phi) is 4.12. The number of aliphatic hydroxyl groups is 1. The standard InChI is InChI=1S/C13H14Cl2N4O2/c1-7-10-9(4-16-11(7)14)12(18-13(15)17-10)19-2-3-21-6-8(20)5-19/h4,8,20H,2-3,5-6H2,1H3/t8-/m0/s1. The summed E-state index contributed by atoms with van der Waals surface area (Å²) in [5.41, 5.74) is 1.43. The maximum atomic E-state index is 9.88. The molecule has 21 heavy (non-hydrogen) atoms. The quantitative estimate of drug-likeness (QED) is 0.636. The number of pyridine rings is 1. The zero-order valence-electron chi connectivity index (χ0n) is 11.4. The molecule has 0 aromatic carbocycles. The van der Waals surface area contributed by atoms with Crippen LogP contribution in [0.25, 0.3) is 10.9 Å². The maximum absolute atomic E-state index is 9.88. The molecular weight excluding hydrogens is 315 g/mol. The van der Waals surface area contributed by atoms with Crippen molar-refractivity contribution in [2.75, 3.05) is 31.2 Å². The number of fused-ring (bicyclic) bond motifs is 1. The van der Waals surface area contributed by atoms with Gasteiger partial charge in [0.15, 0.2) is 0 Å². The number of anilines is 1. The summed E-state index contributed by atoms with van der Waals surface area (Å²) in [6.45, 7) is 3.70. The van der Waals surface area contributed by atoms with E-state index in [-0.39, 0.29) is 5.28 Å². The van der Waals surface area contributed by atoms with E-state index in [0.29, 0.717) is 42.8 Å². The van der Waals surface area contributed by atoms with Gasteiger partial charge in [0, 0.05) is 24.8 Å². The van der Waals surface area contributed by atoms with Crippen LogP contribution in [-0.2, 0) is 4.74 Å². The van der Waals surface area contributed by atoms with Gasteiger partial charge in [-0.15, -0.1) is 0 Å². The van der Waals surface area contributed by atoms with Crippen LogP contribution >= 0.6 is 23.2 Å². The van der Waals surface area contributed by atoms with Crippen LogP contribution in [-0.4, -0.2) is 52.5 Å². The highest BCUT2D eigenvalue weighted by atomic mass is 35.5. The Bertz CT molecular complexity index is 683. The molecule has 0 saturated carbocycles. The van der Waals surface area contributed by atoms with Gasteiger partial charge in [0.25, 0.3) is 0 Å². The average molecular weight is 329 g/mol. The first kappa shape index (κ1) is 14.7. The zero-order valence-corrected chi connectivity index (χ0v) is 12.9. The monoisotopic (exact) mass is 328 g/mol. The minimum atomic E-state index is -0.572. The van der Waals surface area contributed by atoms with Crippen LogP contribution in [0.5, 0.6) is 0 Å². The molecule has 8 heteroatoms. The molecule has 1 atom stereocenters. The number of β-amino-alcohol motifs (C(OH)–C–C–N with tert-alkyl or cyclic N) is 1. The molecule has 0 amide bonds. The molecule has 0 unspecified atom stereocenters. The van der Waals surface area contributed by atoms with E-state index in [9.17, 15) is 5.11 Å². The third-order valence-corrected chi connectivity index (χ3v) is 3.97. The minimum absolute atomic E-state index is 0.141. The second-order valence-corrected chi connectivity index (χ2v) is 5.62. The number of rotatable bonds is 1. The van der Waals surface area contributed by atoms with E-state index < -0.39 is 6.10 Å². The van der Waals surface area contributed by atoms with Crippen LogP contribution in [0.4, 0.5) is 5.82 Å². The average Bonchev–Trinajstić information content (AvgIpc) is 2.67. The number of halogens is 2. The predicted molar refractivity (Wildman–Crippen MR) is 81.1 cm³/mol. The van der Waals surface area contributed by atoms with E-state index in [4.69, 9.17) is 27.9 Å². The number of aliphatic hydroxyl groups excluding tert-OH is 1. The van der Waals surface area contributed by atoms with Crippen molar-refractivity contribution < 1.29 is 9.84 Å². The van der Waals surface area contributed by atoms with E-state index in [1.165, 1.54) is 0 Å². The highest BCUT2D eigenvalue weighted by Crippen LogP contribution is 2.29. The third kappa shape index (κ3) is 2.89. The van der Waals surface area contributed by atoms with E-state index in [1.54, 1.807) is 6.20 Å². The van der Waals surface area contributed by atoms with Gasteiger partial charge >= 0.3 is 0 Å². The van der Waals surface area contributed by atoms with Gasteiger partial charge in [0.1, 0.15) is 11.0 Å². The fraction of sp³-hybridized carbons (Fsp3) is 0.462. The number of aryl methyl sites for hydroxylation is 1. The molecule has 0 spiro atoms. The topological polar surface area (TPSA) is 71.4 Å². The van der Waals surface area contributed by atoms with Crippen LogP contribution in [0.3, 0.4) is 0 Å². The first-order valence-corrected chi connectivity index (χ1v) is 7.31.